The fourth-order valence-corrected chi connectivity index (χ4v) is 6.24. The van der Waals surface area contributed by atoms with Gasteiger partial charge in [0.15, 0.2) is 4.91 Å². The summed E-state index contributed by atoms with van der Waals surface area (Å²) in [6.07, 6.45) is 1.47. The highest BCUT2D eigenvalue weighted by Crippen LogP contribution is 2.39. The van der Waals surface area contributed by atoms with Crippen molar-refractivity contribution in [1.29, 1.82) is 5.26 Å². The van der Waals surface area contributed by atoms with Gasteiger partial charge in [-0.15, -0.1) is 22.7 Å². The number of sulfone groups is 1. The largest absolute Gasteiger partial charge is 0.218 e. The number of allylic oxidation sites excluding steroid dienone is 1. The van der Waals surface area contributed by atoms with E-state index in [9.17, 15) is 13.7 Å². The van der Waals surface area contributed by atoms with Gasteiger partial charge in [-0.3, -0.25) is 0 Å². The van der Waals surface area contributed by atoms with E-state index in [0.717, 1.165) is 19.8 Å². The van der Waals surface area contributed by atoms with Crippen molar-refractivity contribution >= 4 is 59.6 Å². The molecule has 1 aromatic carbocycles. The fraction of sp³-hybridized carbons (Fsp3) is 0.118. The summed E-state index contributed by atoms with van der Waals surface area (Å²) in [5.41, 5.74) is 2.18. The first-order valence-corrected chi connectivity index (χ1v) is 10.5. The Morgan fingerprint density at radius 1 is 1.25 bits per heavy atom. The van der Waals surface area contributed by atoms with E-state index in [1.165, 1.54) is 47.2 Å². The van der Waals surface area contributed by atoms with Crippen molar-refractivity contribution in [2.75, 3.05) is 0 Å². The maximum atomic E-state index is 12.7. The summed E-state index contributed by atoms with van der Waals surface area (Å²) in [6, 6.07) is 7.65. The second-order valence-electron chi connectivity index (χ2n) is 5.25. The lowest BCUT2D eigenvalue weighted by atomic mass is 10.1. The number of hydrogen-bond donors (Lipinski definition) is 0. The lowest BCUT2D eigenvalue weighted by Gasteiger charge is -2.03. The van der Waals surface area contributed by atoms with Crippen LogP contribution in [-0.2, 0) is 9.84 Å². The summed E-state index contributed by atoms with van der Waals surface area (Å²) in [5, 5.41) is 13.1. The van der Waals surface area contributed by atoms with Gasteiger partial charge in [0.2, 0.25) is 9.84 Å². The van der Waals surface area contributed by atoms with E-state index in [-0.39, 0.29) is 9.80 Å². The zero-order valence-corrected chi connectivity index (χ0v) is 16.0. The average molecular weight is 394 g/mol. The SMILES string of the molecule is Cc1csc2sc(C=C(C#N)S(=O)(=O)c3ccc(Cl)cc3)c(C)c12. The highest BCUT2D eigenvalue weighted by atomic mass is 35.5. The third-order valence-corrected chi connectivity index (χ3v) is 8.07. The zero-order valence-electron chi connectivity index (χ0n) is 12.8. The van der Waals surface area contributed by atoms with E-state index in [2.05, 4.69) is 5.38 Å². The maximum Gasteiger partial charge on any atom is 0.216 e. The van der Waals surface area contributed by atoms with Crippen molar-refractivity contribution in [1.82, 2.24) is 0 Å². The van der Waals surface area contributed by atoms with Gasteiger partial charge < -0.3 is 0 Å². The highest BCUT2D eigenvalue weighted by molar-refractivity contribution is 7.95. The molecular weight excluding hydrogens is 382 g/mol. The van der Waals surface area contributed by atoms with Crippen LogP contribution in [0.3, 0.4) is 0 Å². The molecule has 0 amide bonds. The molecule has 0 spiro atoms. The molecule has 7 heteroatoms. The van der Waals surface area contributed by atoms with Crippen LogP contribution in [0.5, 0.6) is 0 Å². The molecular formula is C17H12ClNO2S3. The Balaban J connectivity index is 2.13. The Kier molecular flexibility index (Phi) is 4.54. The van der Waals surface area contributed by atoms with E-state index in [0.29, 0.717) is 5.02 Å². The first-order valence-electron chi connectivity index (χ1n) is 6.94. The van der Waals surface area contributed by atoms with E-state index in [1.54, 1.807) is 11.3 Å². The monoisotopic (exact) mass is 393 g/mol. The number of aryl methyl sites for hydroxylation is 2. The molecule has 3 nitrogen and oxygen atoms in total. The van der Waals surface area contributed by atoms with Crippen molar-refractivity contribution < 1.29 is 8.42 Å². The molecule has 0 unspecified atom stereocenters. The minimum absolute atomic E-state index is 0.0619. The van der Waals surface area contributed by atoms with Gasteiger partial charge in [0.05, 0.1) is 8.91 Å². The highest BCUT2D eigenvalue weighted by Gasteiger charge is 2.22. The van der Waals surface area contributed by atoms with Crippen LogP contribution in [0, 0.1) is 25.2 Å². The fourth-order valence-electron chi connectivity index (χ4n) is 2.41. The molecule has 0 aliphatic carbocycles. The molecule has 2 heterocycles. The smallest absolute Gasteiger partial charge is 0.216 e. The number of rotatable bonds is 3. The number of benzene rings is 1. The minimum atomic E-state index is -3.86. The van der Waals surface area contributed by atoms with Gasteiger partial charge in [-0.1, -0.05) is 11.6 Å². The minimum Gasteiger partial charge on any atom is -0.218 e. The standard InChI is InChI=1S/C17H12ClNO2S3/c1-10-9-22-17-16(10)11(2)15(23-17)7-14(8-19)24(20,21)13-5-3-12(18)4-6-13/h3-7,9H,1-2H3. The van der Waals surface area contributed by atoms with Gasteiger partial charge in [0, 0.05) is 15.3 Å². The molecule has 0 saturated heterocycles. The van der Waals surface area contributed by atoms with Gasteiger partial charge in [-0.2, -0.15) is 5.26 Å². The first-order chi connectivity index (χ1) is 11.3. The molecule has 0 saturated carbocycles. The summed E-state index contributed by atoms with van der Waals surface area (Å²) >= 11 is 8.94. The molecule has 24 heavy (non-hydrogen) atoms. The topological polar surface area (TPSA) is 57.9 Å². The molecule has 122 valence electrons. The van der Waals surface area contributed by atoms with E-state index in [1.807, 2.05) is 19.9 Å². The number of thiophene rings is 2. The lowest BCUT2D eigenvalue weighted by molar-refractivity contribution is 0.603. The van der Waals surface area contributed by atoms with Crippen molar-refractivity contribution in [3.8, 4) is 6.07 Å². The van der Waals surface area contributed by atoms with Crippen molar-refractivity contribution in [2.45, 2.75) is 18.7 Å². The summed E-state index contributed by atoms with van der Waals surface area (Å²) in [4.78, 5) is 0.598. The van der Waals surface area contributed by atoms with Gasteiger partial charge >= 0.3 is 0 Å². The second kappa shape index (κ2) is 6.34. The molecule has 0 aliphatic rings. The van der Waals surface area contributed by atoms with Gasteiger partial charge in [-0.05, 0) is 60.7 Å². The maximum absolute atomic E-state index is 12.7. The van der Waals surface area contributed by atoms with Crippen LogP contribution in [0.25, 0.3) is 15.5 Å². The van der Waals surface area contributed by atoms with E-state index >= 15 is 0 Å². The number of nitrogens with zero attached hydrogens (tertiary/aromatic N) is 1. The molecule has 3 rings (SSSR count). The van der Waals surface area contributed by atoms with E-state index < -0.39 is 9.84 Å². The van der Waals surface area contributed by atoms with Gasteiger partial charge in [-0.25, -0.2) is 8.42 Å². The number of fused-ring (bicyclic) bond motifs is 1. The van der Waals surface area contributed by atoms with Crippen molar-refractivity contribution in [3.63, 3.8) is 0 Å². The van der Waals surface area contributed by atoms with Gasteiger partial charge in [0.25, 0.3) is 0 Å². The summed E-state index contributed by atoms with van der Waals surface area (Å²) < 4.78 is 26.5. The normalized spacial score (nSPS) is 12.5. The molecule has 0 aliphatic heterocycles. The third-order valence-electron chi connectivity index (χ3n) is 3.67. The Morgan fingerprint density at radius 3 is 2.50 bits per heavy atom. The Bertz CT molecular complexity index is 1100. The van der Waals surface area contributed by atoms with Crippen molar-refractivity contribution in [3.05, 3.63) is 55.6 Å². The lowest BCUT2D eigenvalue weighted by Crippen LogP contribution is -2.03. The predicted octanol–water partition coefficient (Wildman–Crippen LogP) is 5.57. The summed E-state index contributed by atoms with van der Waals surface area (Å²) in [5.74, 6) is 0. The zero-order chi connectivity index (χ0) is 17.5. The van der Waals surface area contributed by atoms with E-state index in [4.69, 9.17) is 11.6 Å². The predicted molar refractivity (Wildman–Crippen MR) is 101 cm³/mol. The molecule has 2 aromatic heterocycles. The number of nitriles is 1. The van der Waals surface area contributed by atoms with Crippen LogP contribution in [0.1, 0.15) is 16.0 Å². The average Bonchev–Trinajstić information content (AvgIpc) is 3.06. The van der Waals surface area contributed by atoms with Gasteiger partial charge in [0.1, 0.15) is 6.07 Å². The molecule has 0 fully saturated rings. The Labute approximate surface area is 153 Å². The molecule has 0 bridgehead atoms. The Morgan fingerprint density at radius 2 is 1.92 bits per heavy atom. The quantitative estimate of drug-likeness (QED) is 0.546. The molecule has 0 N–H and O–H groups in total. The van der Waals surface area contributed by atoms with Crippen LogP contribution in [0.15, 0.2) is 39.4 Å². The third kappa shape index (κ3) is 2.89. The molecule has 0 radical (unpaired) electrons. The number of halogens is 1. The van der Waals surface area contributed by atoms with Crippen LogP contribution in [0.2, 0.25) is 5.02 Å². The van der Waals surface area contributed by atoms with Crippen LogP contribution in [-0.4, -0.2) is 8.42 Å². The number of hydrogen-bond acceptors (Lipinski definition) is 5. The molecule has 0 atom stereocenters. The first kappa shape index (κ1) is 17.2. The second-order valence-corrected chi connectivity index (χ2v) is 9.80. The van der Waals surface area contributed by atoms with Crippen molar-refractivity contribution in [2.24, 2.45) is 0 Å². The Hall–Kier alpha value is -1.65. The molecule has 3 aromatic rings. The summed E-state index contributed by atoms with van der Waals surface area (Å²) in [7, 11) is -3.86. The van der Waals surface area contributed by atoms with Crippen LogP contribution < -0.4 is 0 Å². The summed E-state index contributed by atoms with van der Waals surface area (Å²) in [6.45, 7) is 3.98. The van der Waals surface area contributed by atoms with Crippen LogP contribution in [0.4, 0.5) is 0 Å². The van der Waals surface area contributed by atoms with Crippen LogP contribution >= 0.6 is 34.3 Å².